The zero-order valence-corrected chi connectivity index (χ0v) is 12.0. The minimum Gasteiger partial charge on any atom is -0.481 e. The van der Waals surface area contributed by atoms with Crippen LogP contribution in [0.5, 0.6) is 0 Å². The molecule has 0 aromatic heterocycles. The van der Waals surface area contributed by atoms with E-state index in [1.165, 1.54) is 0 Å². The monoisotopic (exact) mass is 318 g/mol. The second-order valence-corrected chi connectivity index (χ2v) is 4.96. The molecule has 0 aliphatic carbocycles. The van der Waals surface area contributed by atoms with Crippen molar-refractivity contribution >= 4 is 29.7 Å². The van der Waals surface area contributed by atoms with Gasteiger partial charge in [0.2, 0.25) is 0 Å². The summed E-state index contributed by atoms with van der Waals surface area (Å²) in [6, 6.07) is -3.09. The number of carbonyl (C=O) groups is 5. The third-order valence-electron chi connectivity index (χ3n) is 2.50. The molecule has 0 aliphatic heterocycles. The van der Waals surface area contributed by atoms with Gasteiger partial charge in [0.15, 0.2) is 0 Å². The number of rotatable bonds is 8. The Kier molecular flexibility index (Phi) is 7.56. The van der Waals surface area contributed by atoms with E-state index in [0.29, 0.717) is 0 Å². The topological polar surface area (TPSA) is 170 Å². The molecule has 10 nitrogen and oxygen atoms in total. The molecule has 0 bridgehead atoms. The molecule has 10 heteroatoms. The first-order valence-electron chi connectivity index (χ1n) is 6.33. The summed E-state index contributed by atoms with van der Waals surface area (Å²) in [5, 5.41) is 29.8. The van der Waals surface area contributed by atoms with Crippen LogP contribution in [0, 0.1) is 5.92 Å². The van der Waals surface area contributed by atoms with E-state index in [2.05, 4.69) is 0 Å². The molecular formula is C12H18N2O8. The molecule has 0 saturated carbocycles. The van der Waals surface area contributed by atoms with Crippen LogP contribution in [0.4, 0.5) is 0 Å². The summed E-state index contributed by atoms with van der Waals surface area (Å²) in [6.07, 6.45) is -0.839. The molecule has 2 unspecified atom stereocenters. The minimum absolute atomic E-state index is 0.0664. The lowest BCUT2D eigenvalue weighted by molar-refractivity contribution is -0.149. The lowest BCUT2D eigenvalue weighted by Crippen LogP contribution is -2.52. The normalized spacial score (nSPS) is 13.0. The van der Waals surface area contributed by atoms with Crippen LogP contribution >= 0.6 is 0 Å². The fourth-order valence-corrected chi connectivity index (χ4v) is 1.52. The molecule has 0 heterocycles. The molecule has 22 heavy (non-hydrogen) atoms. The fourth-order valence-electron chi connectivity index (χ4n) is 1.52. The molecule has 0 radical (unpaired) electrons. The van der Waals surface area contributed by atoms with Crippen LogP contribution in [0.2, 0.25) is 0 Å². The molecule has 0 fully saturated rings. The predicted octanol–water partition coefficient (Wildman–Crippen LogP) is -1.35. The van der Waals surface area contributed by atoms with Crippen LogP contribution in [0.1, 0.15) is 26.7 Å². The first-order valence-corrected chi connectivity index (χ1v) is 6.33. The van der Waals surface area contributed by atoms with E-state index in [1.807, 2.05) is 5.32 Å². The van der Waals surface area contributed by atoms with E-state index in [-0.39, 0.29) is 12.3 Å². The number of carbonyl (C=O) groups excluding carboxylic acids is 2. The summed E-state index contributed by atoms with van der Waals surface area (Å²) in [4.78, 5) is 55.2. The zero-order valence-electron chi connectivity index (χ0n) is 12.0. The second-order valence-electron chi connectivity index (χ2n) is 4.96. The Hall–Kier alpha value is -2.65. The van der Waals surface area contributed by atoms with Gasteiger partial charge in [-0.05, 0) is 12.3 Å². The van der Waals surface area contributed by atoms with E-state index in [0.717, 1.165) is 0 Å². The van der Waals surface area contributed by atoms with Gasteiger partial charge in [-0.1, -0.05) is 13.8 Å². The molecule has 0 rings (SSSR count). The number of aliphatic carboxylic acids is 3. The number of nitrogens with one attached hydrogen (secondary N) is 2. The second kappa shape index (κ2) is 8.60. The van der Waals surface area contributed by atoms with E-state index in [1.54, 1.807) is 19.2 Å². The molecule has 0 aromatic rings. The summed E-state index contributed by atoms with van der Waals surface area (Å²) >= 11 is 0. The maximum Gasteiger partial charge on any atom is 0.326 e. The zero-order chi connectivity index (χ0) is 17.4. The number of hydrogen-bond acceptors (Lipinski definition) is 5. The van der Waals surface area contributed by atoms with Gasteiger partial charge in [0, 0.05) is 0 Å². The maximum absolute atomic E-state index is 11.6. The minimum atomic E-state index is -1.79. The number of carboxylic acid groups (broad SMARTS) is 3. The molecule has 0 aromatic carbocycles. The Morgan fingerprint density at radius 2 is 1.23 bits per heavy atom. The average molecular weight is 318 g/mol. The van der Waals surface area contributed by atoms with Crippen LogP contribution in [0.15, 0.2) is 0 Å². The molecule has 124 valence electrons. The van der Waals surface area contributed by atoms with E-state index in [4.69, 9.17) is 15.3 Å². The molecular weight excluding hydrogens is 300 g/mol. The third kappa shape index (κ3) is 7.22. The number of hydrogen-bond donors (Lipinski definition) is 5. The van der Waals surface area contributed by atoms with Gasteiger partial charge in [-0.2, -0.15) is 0 Å². The summed E-state index contributed by atoms with van der Waals surface area (Å²) in [6.45, 7) is 3.44. The largest absolute Gasteiger partial charge is 0.481 e. The lowest BCUT2D eigenvalue weighted by atomic mass is 10.0. The van der Waals surface area contributed by atoms with Crippen LogP contribution in [-0.2, 0) is 24.0 Å². The van der Waals surface area contributed by atoms with Crippen LogP contribution in [-0.4, -0.2) is 57.1 Å². The lowest BCUT2D eigenvalue weighted by Gasteiger charge is -2.17. The van der Waals surface area contributed by atoms with Gasteiger partial charge in [-0.25, -0.2) is 9.59 Å². The highest BCUT2D eigenvalue weighted by Crippen LogP contribution is 2.05. The quantitative estimate of drug-likeness (QED) is 0.342. The summed E-state index contributed by atoms with van der Waals surface area (Å²) < 4.78 is 0. The van der Waals surface area contributed by atoms with Gasteiger partial charge in [0.05, 0.1) is 6.42 Å². The van der Waals surface area contributed by atoms with Gasteiger partial charge in [0.25, 0.3) is 0 Å². The highest BCUT2D eigenvalue weighted by atomic mass is 16.4. The van der Waals surface area contributed by atoms with Gasteiger partial charge >= 0.3 is 29.7 Å². The number of amides is 2. The first kappa shape index (κ1) is 19.4. The van der Waals surface area contributed by atoms with Crippen molar-refractivity contribution in [2.75, 3.05) is 0 Å². The smallest absolute Gasteiger partial charge is 0.326 e. The third-order valence-corrected chi connectivity index (χ3v) is 2.50. The Bertz CT molecular complexity index is 474. The van der Waals surface area contributed by atoms with Crippen molar-refractivity contribution < 1.29 is 39.3 Å². The average Bonchev–Trinajstić information content (AvgIpc) is 2.35. The molecule has 0 saturated heterocycles. The summed E-state index contributed by atoms with van der Waals surface area (Å²) in [5.41, 5.74) is 0. The molecule has 0 aliphatic rings. The number of carboxylic acids is 3. The summed E-state index contributed by atoms with van der Waals surface area (Å²) in [7, 11) is 0. The van der Waals surface area contributed by atoms with E-state index >= 15 is 0 Å². The van der Waals surface area contributed by atoms with Crippen molar-refractivity contribution in [2.24, 2.45) is 5.92 Å². The van der Waals surface area contributed by atoms with Gasteiger partial charge in [-0.3, -0.25) is 14.4 Å². The molecule has 2 atom stereocenters. The SMILES string of the molecule is CC(C)CC(NC(=O)C(=O)NC(CC(=O)O)C(=O)O)C(=O)O. The Labute approximate surface area is 125 Å². The van der Waals surface area contributed by atoms with Crippen LogP contribution in [0.25, 0.3) is 0 Å². The van der Waals surface area contributed by atoms with Crippen molar-refractivity contribution in [3.8, 4) is 0 Å². The van der Waals surface area contributed by atoms with Crippen molar-refractivity contribution in [2.45, 2.75) is 38.8 Å². The predicted molar refractivity (Wildman–Crippen MR) is 70.8 cm³/mol. The Morgan fingerprint density at radius 1 is 0.818 bits per heavy atom. The Morgan fingerprint density at radius 3 is 1.55 bits per heavy atom. The van der Waals surface area contributed by atoms with Gasteiger partial charge in [0.1, 0.15) is 12.1 Å². The van der Waals surface area contributed by atoms with Crippen molar-refractivity contribution in [3.63, 3.8) is 0 Å². The van der Waals surface area contributed by atoms with Gasteiger partial charge in [-0.15, -0.1) is 0 Å². The van der Waals surface area contributed by atoms with Gasteiger partial charge < -0.3 is 26.0 Å². The van der Waals surface area contributed by atoms with Crippen LogP contribution < -0.4 is 10.6 Å². The molecule has 0 spiro atoms. The Balaban J connectivity index is 4.76. The summed E-state index contributed by atoms with van der Waals surface area (Å²) in [5.74, 6) is -7.26. The standard InChI is InChI=1S/C12H18N2O8/c1-5(2)3-6(11(19)20)13-9(17)10(18)14-7(12(21)22)4-8(15)16/h5-7H,3-4H2,1-2H3,(H,13,17)(H,14,18)(H,15,16)(H,19,20)(H,21,22). The maximum atomic E-state index is 11.6. The van der Waals surface area contributed by atoms with Crippen molar-refractivity contribution in [1.29, 1.82) is 0 Å². The van der Waals surface area contributed by atoms with Crippen LogP contribution in [0.3, 0.4) is 0 Å². The van der Waals surface area contributed by atoms with Crippen molar-refractivity contribution in [3.05, 3.63) is 0 Å². The molecule has 2 amide bonds. The highest BCUT2D eigenvalue weighted by Gasteiger charge is 2.29. The van der Waals surface area contributed by atoms with E-state index in [9.17, 15) is 24.0 Å². The van der Waals surface area contributed by atoms with Crippen molar-refractivity contribution in [1.82, 2.24) is 10.6 Å². The highest BCUT2D eigenvalue weighted by molar-refractivity contribution is 6.35. The van der Waals surface area contributed by atoms with E-state index < -0.39 is 48.2 Å². The first-order chi connectivity index (χ1) is 10.0. The molecule has 5 N–H and O–H groups in total. The fraction of sp³-hybridized carbons (Fsp3) is 0.583.